The van der Waals surface area contributed by atoms with Crippen molar-refractivity contribution >= 4 is 30.5 Å². The molecule has 1 aromatic heterocycles. The van der Waals surface area contributed by atoms with Crippen LogP contribution in [-0.2, 0) is 7.05 Å². The molecule has 1 aliphatic heterocycles. The summed E-state index contributed by atoms with van der Waals surface area (Å²) in [6, 6.07) is 15.3. The van der Waals surface area contributed by atoms with Gasteiger partial charge in [0.1, 0.15) is 7.05 Å². The summed E-state index contributed by atoms with van der Waals surface area (Å²) in [4.78, 5) is 2.58. The number of benzene rings is 1. The van der Waals surface area contributed by atoms with E-state index in [1.807, 2.05) is 0 Å². The fraction of sp³-hybridized carbons (Fsp3) is 0.500. The van der Waals surface area contributed by atoms with E-state index in [9.17, 15) is 0 Å². The molecule has 162 valence electrons. The van der Waals surface area contributed by atoms with Crippen LogP contribution in [0, 0.1) is 0 Å². The van der Waals surface area contributed by atoms with Gasteiger partial charge in [-0.15, -0.1) is 0 Å². The van der Waals surface area contributed by atoms with Crippen LogP contribution in [0.15, 0.2) is 48.7 Å². The fourth-order valence-electron chi connectivity index (χ4n) is 4.36. The molecule has 1 atom stereocenters. The van der Waals surface area contributed by atoms with E-state index >= 15 is 0 Å². The maximum absolute atomic E-state index is 4.32. The Balaban J connectivity index is 1.53. The van der Waals surface area contributed by atoms with Crippen molar-refractivity contribution in [3.8, 4) is 0 Å². The molecular weight excluding hydrogens is 386 g/mol. The second kappa shape index (κ2) is 11.6. The molecule has 0 saturated carbocycles. The third-order valence-electron chi connectivity index (χ3n) is 6.44. The van der Waals surface area contributed by atoms with Crippen molar-refractivity contribution in [2.75, 3.05) is 50.4 Å². The van der Waals surface area contributed by atoms with Gasteiger partial charge in [0.15, 0.2) is 6.20 Å². The minimum atomic E-state index is 1.03. The Morgan fingerprint density at radius 1 is 0.967 bits per heavy atom. The van der Waals surface area contributed by atoms with Crippen molar-refractivity contribution in [3.05, 3.63) is 59.9 Å². The Labute approximate surface area is 189 Å². The molecule has 0 radical (unpaired) electrons. The van der Waals surface area contributed by atoms with E-state index in [2.05, 4.69) is 97.0 Å². The average molecular weight is 426 g/mol. The topological polar surface area (TPSA) is 7.12 Å². The number of rotatable bonds is 9. The van der Waals surface area contributed by atoms with E-state index in [-0.39, 0.29) is 0 Å². The van der Waals surface area contributed by atoms with Crippen molar-refractivity contribution in [2.45, 2.75) is 32.1 Å². The maximum atomic E-state index is 4.32. The van der Waals surface area contributed by atoms with Gasteiger partial charge in [0.2, 0.25) is 5.69 Å². The summed E-state index contributed by atoms with van der Waals surface area (Å²) in [5, 5.41) is 0. The minimum Gasteiger partial charge on any atom is -0.366 e. The van der Waals surface area contributed by atoms with E-state index in [0.29, 0.717) is 0 Å². The molecule has 1 saturated heterocycles. The zero-order chi connectivity index (χ0) is 21.2. The standard InChI is InChI=1S/C26H38N3S/c1-27-17-6-5-10-25(27)14-11-24-12-15-26(16-13-24)28-18-9-21-29(2,22-19-28)20-7-3-4-8-23-30/h5-6,10-17H,3-4,7-9,18-23H2,1-2H3/q+1/p+1. The molecule has 4 heteroatoms. The summed E-state index contributed by atoms with van der Waals surface area (Å²) in [6.45, 7) is 6.20. The second-order valence-corrected chi connectivity index (χ2v) is 9.38. The first kappa shape index (κ1) is 22.9. The number of quaternary nitrogens is 1. The average Bonchev–Trinajstić information content (AvgIpc) is 2.95. The smallest absolute Gasteiger partial charge is 0.204 e. The highest BCUT2D eigenvalue weighted by Crippen LogP contribution is 2.21. The lowest BCUT2D eigenvalue weighted by Crippen LogP contribution is -2.47. The predicted octanol–water partition coefficient (Wildman–Crippen LogP) is 4.83. The first-order valence-electron chi connectivity index (χ1n) is 11.5. The van der Waals surface area contributed by atoms with Gasteiger partial charge < -0.3 is 9.38 Å². The number of likely N-dealkylation sites (N-methyl/N-ethyl adjacent to an activating group) is 1. The molecule has 1 unspecified atom stereocenters. The molecule has 2 heterocycles. The molecule has 0 aliphatic carbocycles. The highest BCUT2D eigenvalue weighted by atomic mass is 32.1. The second-order valence-electron chi connectivity index (χ2n) is 8.93. The van der Waals surface area contributed by atoms with Crippen LogP contribution >= 0.6 is 12.6 Å². The monoisotopic (exact) mass is 425 g/mol. The molecule has 0 N–H and O–H groups in total. The van der Waals surface area contributed by atoms with E-state index in [1.54, 1.807) is 0 Å². The number of pyridine rings is 1. The molecule has 3 rings (SSSR count). The number of aryl methyl sites for hydroxylation is 1. The number of aromatic nitrogens is 1. The normalized spacial score (nSPS) is 19.9. The zero-order valence-corrected chi connectivity index (χ0v) is 19.7. The molecule has 1 fully saturated rings. The van der Waals surface area contributed by atoms with Gasteiger partial charge in [-0.05, 0) is 54.9 Å². The molecule has 1 aromatic carbocycles. The molecular formula is C26H39N3S+2. The molecule has 0 amide bonds. The summed E-state index contributed by atoms with van der Waals surface area (Å²) in [7, 11) is 4.54. The highest BCUT2D eigenvalue weighted by Gasteiger charge is 2.25. The van der Waals surface area contributed by atoms with Gasteiger partial charge in [0.25, 0.3) is 0 Å². The largest absolute Gasteiger partial charge is 0.366 e. The summed E-state index contributed by atoms with van der Waals surface area (Å²) in [5.74, 6) is 1.03. The quantitative estimate of drug-likeness (QED) is 0.262. The highest BCUT2D eigenvalue weighted by molar-refractivity contribution is 7.80. The van der Waals surface area contributed by atoms with Gasteiger partial charge in [-0.2, -0.15) is 12.6 Å². The first-order chi connectivity index (χ1) is 14.6. The SMILES string of the molecule is C[n+]1ccccc1/C=C/c1ccc(N2CCC[N+](C)(CCCCCCS)CC2)cc1. The van der Waals surface area contributed by atoms with Crippen LogP contribution in [0.4, 0.5) is 5.69 Å². The number of nitrogens with zero attached hydrogens (tertiary/aromatic N) is 3. The van der Waals surface area contributed by atoms with Crippen molar-refractivity contribution in [3.63, 3.8) is 0 Å². The van der Waals surface area contributed by atoms with Crippen LogP contribution in [0.1, 0.15) is 43.4 Å². The van der Waals surface area contributed by atoms with Gasteiger partial charge in [0.05, 0.1) is 33.2 Å². The third kappa shape index (κ3) is 6.88. The van der Waals surface area contributed by atoms with Gasteiger partial charge in [-0.25, -0.2) is 4.57 Å². The van der Waals surface area contributed by atoms with Crippen LogP contribution in [-0.4, -0.2) is 50.0 Å². The van der Waals surface area contributed by atoms with Crippen LogP contribution in [0.5, 0.6) is 0 Å². The van der Waals surface area contributed by atoms with Crippen molar-refractivity contribution in [2.24, 2.45) is 7.05 Å². The Bertz CT molecular complexity index is 802. The van der Waals surface area contributed by atoms with Crippen molar-refractivity contribution in [1.82, 2.24) is 0 Å². The van der Waals surface area contributed by atoms with Crippen LogP contribution in [0.2, 0.25) is 0 Å². The Kier molecular flexibility index (Phi) is 8.83. The fourth-order valence-corrected chi connectivity index (χ4v) is 4.58. The molecule has 3 nitrogen and oxygen atoms in total. The molecule has 2 aromatic rings. The lowest BCUT2D eigenvalue weighted by Gasteiger charge is -2.33. The van der Waals surface area contributed by atoms with Crippen molar-refractivity contribution < 1.29 is 9.05 Å². The summed E-state index contributed by atoms with van der Waals surface area (Å²) in [5.41, 5.74) is 3.82. The minimum absolute atomic E-state index is 1.03. The van der Waals surface area contributed by atoms with Crippen molar-refractivity contribution in [1.29, 1.82) is 0 Å². The van der Waals surface area contributed by atoms with Crippen LogP contribution in [0.3, 0.4) is 0 Å². The van der Waals surface area contributed by atoms with E-state index < -0.39 is 0 Å². The van der Waals surface area contributed by atoms with Gasteiger partial charge in [0, 0.05) is 36.9 Å². The molecule has 0 bridgehead atoms. The Morgan fingerprint density at radius 3 is 2.53 bits per heavy atom. The zero-order valence-electron chi connectivity index (χ0n) is 18.8. The molecule has 0 spiro atoms. The number of thiol groups is 1. The summed E-state index contributed by atoms with van der Waals surface area (Å²) in [6.07, 6.45) is 13.0. The summed E-state index contributed by atoms with van der Waals surface area (Å²) >= 11 is 4.32. The predicted molar refractivity (Wildman–Crippen MR) is 133 cm³/mol. The maximum Gasteiger partial charge on any atom is 0.204 e. The molecule has 30 heavy (non-hydrogen) atoms. The number of unbranched alkanes of at least 4 members (excludes halogenated alkanes) is 3. The lowest BCUT2D eigenvalue weighted by molar-refractivity contribution is -0.907. The first-order valence-corrected chi connectivity index (χ1v) is 12.2. The number of hydrogen-bond acceptors (Lipinski definition) is 2. The number of hydrogen-bond donors (Lipinski definition) is 1. The Hall–Kier alpha value is -1.78. The van der Waals surface area contributed by atoms with Crippen LogP contribution in [0.25, 0.3) is 12.2 Å². The van der Waals surface area contributed by atoms with Gasteiger partial charge in [-0.3, -0.25) is 0 Å². The molecule has 1 aliphatic rings. The van der Waals surface area contributed by atoms with Crippen LogP contribution < -0.4 is 9.47 Å². The van der Waals surface area contributed by atoms with E-state index in [0.717, 1.165) is 12.3 Å². The third-order valence-corrected chi connectivity index (χ3v) is 6.76. The Morgan fingerprint density at radius 2 is 1.77 bits per heavy atom. The van der Waals surface area contributed by atoms with E-state index in [4.69, 9.17) is 0 Å². The lowest BCUT2D eigenvalue weighted by atomic mass is 10.1. The van der Waals surface area contributed by atoms with E-state index in [1.165, 1.54) is 79.7 Å². The van der Waals surface area contributed by atoms with Gasteiger partial charge >= 0.3 is 0 Å². The summed E-state index contributed by atoms with van der Waals surface area (Å²) < 4.78 is 3.37. The van der Waals surface area contributed by atoms with Gasteiger partial charge in [-0.1, -0.05) is 18.6 Å². The number of anilines is 1.